The molecule has 0 radical (unpaired) electrons. The molecular formula is C18H25FN4O2. The number of benzene rings is 1. The maximum atomic E-state index is 13.4. The molecule has 0 spiro atoms. The van der Waals surface area contributed by atoms with Crippen LogP contribution in [0.3, 0.4) is 0 Å². The van der Waals surface area contributed by atoms with E-state index >= 15 is 0 Å². The molecule has 1 aromatic carbocycles. The number of terminal acetylenes is 1. The van der Waals surface area contributed by atoms with Crippen LogP contribution in [0, 0.1) is 18.2 Å². The number of ether oxygens (including phenoxy) is 1. The third-order valence-corrected chi connectivity index (χ3v) is 4.01. The van der Waals surface area contributed by atoms with Crippen LogP contribution in [0.5, 0.6) is 5.75 Å². The minimum Gasteiger partial charge on any atom is -0.479 e. The second-order valence-electron chi connectivity index (χ2n) is 6.24. The molecule has 2 rings (SSSR count). The zero-order valence-corrected chi connectivity index (χ0v) is 14.7. The van der Waals surface area contributed by atoms with Crippen LogP contribution in [0.4, 0.5) is 14.9 Å². The van der Waals surface area contributed by atoms with Crippen LogP contribution >= 0.6 is 0 Å². The second-order valence-corrected chi connectivity index (χ2v) is 6.24. The molecule has 2 amide bonds. The molecule has 1 aliphatic heterocycles. The third-order valence-electron chi connectivity index (χ3n) is 4.01. The fourth-order valence-corrected chi connectivity index (χ4v) is 2.69. The highest BCUT2D eigenvalue weighted by molar-refractivity contribution is 5.91. The van der Waals surface area contributed by atoms with Gasteiger partial charge in [0, 0.05) is 44.8 Å². The molecule has 0 saturated carbocycles. The van der Waals surface area contributed by atoms with Crippen molar-refractivity contribution in [3.63, 3.8) is 0 Å². The van der Waals surface area contributed by atoms with Gasteiger partial charge >= 0.3 is 6.03 Å². The molecule has 6 nitrogen and oxygen atoms in total. The van der Waals surface area contributed by atoms with Crippen molar-refractivity contribution in [3.05, 3.63) is 24.0 Å². The number of hydrogen-bond acceptors (Lipinski definition) is 4. The molecular weight excluding hydrogens is 323 g/mol. The predicted molar refractivity (Wildman–Crippen MR) is 96.3 cm³/mol. The average molecular weight is 348 g/mol. The van der Waals surface area contributed by atoms with Gasteiger partial charge in [-0.3, -0.25) is 4.90 Å². The molecule has 1 aliphatic rings. The van der Waals surface area contributed by atoms with Crippen molar-refractivity contribution >= 4 is 11.7 Å². The number of rotatable bonds is 6. The van der Waals surface area contributed by atoms with E-state index in [1.807, 2.05) is 6.92 Å². The van der Waals surface area contributed by atoms with Crippen molar-refractivity contribution in [2.45, 2.75) is 13.0 Å². The van der Waals surface area contributed by atoms with Crippen LogP contribution in [0.25, 0.3) is 0 Å². The quantitative estimate of drug-likeness (QED) is 0.767. The van der Waals surface area contributed by atoms with E-state index in [0.29, 0.717) is 5.75 Å². The Morgan fingerprint density at radius 3 is 2.80 bits per heavy atom. The zero-order chi connectivity index (χ0) is 18.2. The van der Waals surface area contributed by atoms with Crippen LogP contribution < -0.4 is 15.4 Å². The van der Waals surface area contributed by atoms with Gasteiger partial charge in [-0.05, 0) is 26.1 Å². The maximum absolute atomic E-state index is 13.4. The van der Waals surface area contributed by atoms with Gasteiger partial charge in [-0.1, -0.05) is 5.92 Å². The van der Waals surface area contributed by atoms with E-state index in [1.165, 1.54) is 18.2 Å². The number of nitrogens with one attached hydrogen (secondary N) is 2. The van der Waals surface area contributed by atoms with Crippen molar-refractivity contribution in [1.82, 2.24) is 15.1 Å². The Kier molecular flexibility index (Phi) is 7.04. The summed E-state index contributed by atoms with van der Waals surface area (Å²) in [4.78, 5) is 16.8. The Labute approximate surface area is 148 Å². The molecule has 136 valence electrons. The van der Waals surface area contributed by atoms with Gasteiger partial charge in [-0.25, -0.2) is 9.18 Å². The maximum Gasteiger partial charge on any atom is 0.319 e. The molecule has 1 aromatic rings. The number of anilines is 1. The summed E-state index contributed by atoms with van der Waals surface area (Å²) in [5.41, 5.74) is 0.250. The van der Waals surface area contributed by atoms with Gasteiger partial charge in [0.1, 0.15) is 18.2 Å². The molecule has 0 aromatic heterocycles. The molecule has 7 heteroatoms. The van der Waals surface area contributed by atoms with E-state index in [4.69, 9.17) is 11.2 Å². The number of halogens is 1. The summed E-state index contributed by atoms with van der Waals surface area (Å²) in [6.45, 7) is 6.78. The van der Waals surface area contributed by atoms with E-state index in [0.717, 1.165) is 32.7 Å². The number of hydrogen-bond donors (Lipinski definition) is 2. The van der Waals surface area contributed by atoms with E-state index in [2.05, 4.69) is 33.4 Å². The molecule has 25 heavy (non-hydrogen) atoms. The van der Waals surface area contributed by atoms with Crippen LogP contribution in [-0.2, 0) is 0 Å². The van der Waals surface area contributed by atoms with E-state index < -0.39 is 11.8 Å². The second kappa shape index (κ2) is 9.25. The molecule has 1 heterocycles. The Bertz CT molecular complexity index is 624. The summed E-state index contributed by atoms with van der Waals surface area (Å²) in [5.74, 6) is 2.21. The first-order valence-corrected chi connectivity index (χ1v) is 8.32. The third kappa shape index (κ3) is 6.25. The molecule has 1 atom stereocenters. The van der Waals surface area contributed by atoms with Crippen LogP contribution in [0.15, 0.2) is 18.2 Å². The summed E-state index contributed by atoms with van der Waals surface area (Å²) in [5, 5.41) is 5.49. The minimum atomic E-state index is -0.464. The van der Waals surface area contributed by atoms with Crippen molar-refractivity contribution in [2.24, 2.45) is 0 Å². The van der Waals surface area contributed by atoms with Crippen LogP contribution in [0.1, 0.15) is 6.92 Å². The Balaban J connectivity index is 1.87. The van der Waals surface area contributed by atoms with Crippen molar-refractivity contribution in [2.75, 3.05) is 51.7 Å². The molecule has 0 unspecified atom stereocenters. The lowest BCUT2D eigenvalue weighted by molar-refractivity contribution is 0.145. The van der Waals surface area contributed by atoms with Gasteiger partial charge in [-0.2, -0.15) is 0 Å². The van der Waals surface area contributed by atoms with E-state index in [1.54, 1.807) is 0 Å². The Morgan fingerprint density at radius 2 is 2.12 bits per heavy atom. The lowest BCUT2D eigenvalue weighted by Crippen LogP contribution is -2.50. The smallest absolute Gasteiger partial charge is 0.319 e. The van der Waals surface area contributed by atoms with Gasteiger partial charge < -0.3 is 20.3 Å². The highest BCUT2D eigenvalue weighted by Crippen LogP contribution is 2.25. The number of carbonyl (C=O) groups excluding carboxylic acids is 1. The van der Waals surface area contributed by atoms with Gasteiger partial charge in [0.15, 0.2) is 0 Å². The first kappa shape index (κ1) is 19.0. The van der Waals surface area contributed by atoms with E-state index in [9.17, 15) is 9.18 Å². The number of likely N-dealkylation sites (N-methyl/N-ethyl adjacent to an activating group) is 1. The Morgan fingerprint density at radius 1 is 1.40 bits per heavy atom. The largest absolute Gasteiger partial charge is 0.479 e. The average Bonchev–Trinajstić information content (AvgIpc) is 2.56. The normalized spacial score (nSPS) is 16.7. The van der Waals surface area contributed by atoms with Gasteiger partial charge in [0.25, 0.3) is 0 Å². The molecule has 0 bridgehead atoms. The van der Waals surface area contributed by atoms with Crippen molar-refractivity contribution in [3.8, 4) is 18.1 Å². The summed E-state index contributed by atoms with van der Waals surface area (Å²) in [6, 6.07) is 3.46. The van der Waals surface area contributed by atoms with Gasteiger partial charge in [0.05, 0.1) is 5.69 Å². The monoisotopic (exact) mass is 348 g/mol. The number of amides is 2. The van der Waals surface area contributed by atoms with Crippen LogP contribution in [0.2, 0.25) is 0 Å². The summed E-state index contributed by atoms with van der Waals surface area (Å²) in [6.07, 6.45) is 5.16. The fraction of sp³-hybridized carbons (Fsp3) is 0.500. The molecule has 0 aliphatic carbocycles. The standard InChI is InChI=1S/C18H25FN4O2/c1-4-11-25-17-6-5-15(19)12-16(17)21-18(24)20-14(2)13-23-9-7-22(3)8-10-23/h1,5-6,12,14H,7-11,13H2,2-3H3,(H2,20,21,24)/t14-/m1/s1. The first-order chi connectivity index (χ1) is 12.0. The topological polar surface area (TPSA) is 56.8 Å². The highest BCUT2D eigenvalue weighted by atomic mass is 19.1. The summed E-state index contributed by atoms with van der Waals surface area (Å²) < 4.78 is 18.8. The van der Waals surface area contributed by atoms with Crippen LogP contribution in [-0.4, -0.2) is 68.3 Å². The number of carbonyl (C=O) groups is 1. The highest BCUT2D eigenvalue weighted by Gasteiger charge is 2.17. The zero-order valence-electron chi connectivity index (χ0n) is 14.7. The molecule has 1 saturated heterocycles. The van der Waals surface area contributed by atoms with Gasteiger partial charge in [-0.15, -0.1) is 6.42 Å². The molecule has 2 N–H and O–H groups in total. The fourth-order valence-electron chi connectivity index (χ4n) is 2.69. The number of piperazine rings is 1. The first-order valence-electron chi connectivity index (χ1n) is 8.32. The number of urea groups is 1. The lowest BCUT2D eigenvalue weighted by atomic mass is 10.2. The Hall–Kier alpha value is -2.30. The summed E-state index contributed by atoms with van der Waals surface area (Å²) in [7, 11) is 2.10. The predicted octanol–water partition coefficient (Wildman–Crippen LogP) is 1.60. The SMILES string of the molecule is C#CCOc1ccc(F)cc1NC(=O)N[C@H](C)CN1CCN(C)CC1. The van der Waals surface area contributed by atoms with E-state index in [-0.39, 0.29) is 18.3 Å². The lowest BCUT2D eigenvalue weighted by Gasteiger charge is -2.34. The minimum absolute atomic E-state index is 0.0351. The van der Waals surface area contributed by atoms with Gasteiger partial charge in [0.2, 0.25) is 0 Å². The number of nitrogens with zero attached hydrogens (tertiary/aromatic N) is 2. The van der Waals surface area contributed by atoms with Crippen molar-refractivity contribution < 1.29 is 13.9 Å². The molecule has 1 fully saturated rings. The van der Waals surface area contributed by atoms with Crippen molar-refractivity contribution in [1.29, 1.82) is 0 Å². The summed E-state index contributed by atoms with van der Waals surface area (Å²) >= 11 is 0.